The number of thiazole rings is 1. The third-order valence-corrected chi connectivity index (χ3v) is 6.17. The van der Waals surface area contributed by atoms with E-state index in [0.717, 1.165) is 20.6 Å². The van der Waals surface area contributed by atoms with Crippen molar-refractivity contribution in [2.24, 2.45) is 22.4 Å². The van der Waals surface area contributed by atoms with Crippen molar-refractivity contribution in [3.63, 3.8) is 0 Å². The average molecular weight is 412 g/mol. The van der Waals surface area contributed by atoms with Crippen molar-refractivity contribution in [3.05, 3.63) is 71.2 Å². The highest BCUT2D eigenvalue weighted by molar-refractivity contribution is 7.89. The van der Waals surface area contributed by atoms with E-state index in [0.29, 0.717) is 11.5 Å². The molecular formula is C19H16N4O3S2. The number of aromatic nitrogens is 1. The number of para-hydroxylation sites is 1. The SMILES string of the molecule is Cn1/c(=N\N=C/c2ccc(-c3ccc(S(N)(=O)=O)cc3)o2)sc2ccccc21. The number of hydrogen-bond donors (Lipinski definition) is 1. The lowest BCUT2D eigenvalue weighted by Gasteiger charge is -1.99. The van der Waals surface area contributed by atoms with Crippen LogP contribution < -0.4 is 9.94 Å². The number of aryl methyl sites for hydroxylation is 1. The molecule has 0 spiro atoms. The molecule has 0 unspecified atom stereocenters. The molecule has 4 rings (SSSR count). The number of furan rings is 1. The smallest absolute Gasteiger partial charge is 0.238 e. The van der Waals surface area contributed by atoms with E-state index in [-0.39, 0.29) is 4.90 Å². The number of rotatable bonds is 4. The molecule has 2 aromatic heterocycles. The Bertz CT molecular complexity index is 1340. The zero-order valence-electron chi connectivity index (χ0n) is 14.8. The van der Waals surface area contributed by atoms with E-state index >= 15 is 0 Å². The molecule has 0 radical (unpaired) electrons. The molecule has 0 aliphatic rings. The second-order valence-electron chi connectivity index (χ2n) is 6.03. The second-order valence-corrected chi connectivity index (χ2v) is 8.60. The maximum absolute atomic E-state index is 11.3. The van der Waals surface area contributed by atoms with Gasteiger partial charge in [0.05, 0.1) is 21.3 Å². The van der Waals surface area contributed by atoms with Gasteiger partial charge >= 0.3 is 0 Å². The number of benzene rings is 2. The first kappa shape index (κ1) is 18.4. The summed E-state index contributed by atoms with van der Waals surface area (Å²) in [5.74, 6) is 1.13. The van der Waals surface area contributed by atoms with Gasteiger partial charge in [0.2, 0.25) is 14.8 Å². The number of fused-ring (bicyclic) bond motifs is 1. The Balaban J connectivity index is 1.57. The van der Waals surface area contributed by atoms with E-state index in [9.17, 15) is 8.42 Å². The lowest BCUT2D eigenvalue weighted by molar-refractivity contribution is 0.574. The van der Waals surface area contributed by atoms with E-state index < -0.39 is 10.0 Å². The van der Waals surface area contributed by atoms with Gasteiger partial charge in [-0.3, -0.25) is 0 Å². The Labute approximate surface area is 165 Å². The molecule has 2 aromatic carbocycles. The average Bonchev–Trinajstić information content (AvgIpc) is 3.27. The molecule has 0 saturated heterocycles. The minimum Gasteiger partial charge on any atom is -0.455 e. The first-order chi connectivity index (χ1) is 13.4. The fourth-order valence-corrected chi connectivity index (χ4v) is 4.19. The van der Waals surface area contributed by atoms with Crippen molar-refractivity contribution >= 4 is 37.8 Å². The molecule has 0 aliphatic carbocycles. The molecule has 0 saturated carbocycles. The number of hydrogen-bond acceptors (Lipinski definition) is 6. The number of nitrogens with two attached hydrogens (primary N) is 1. The first-order valence-corrected chi connectivity index (χ1v) is 10.6. The molecule has 7 nitrogen and oxygen atoms in total. The summed E-state index contributed by atoms with van der Waals surface area (Å²) in [7, 11) is -1.77. The molecule has 0 atom stereocenters. The third-order valence-electron chi connectivity index (χ3n) is 4.14. The van der Waals surface area contributed by atoms with Gasteiger partial charge in [-0.15, -0.1) is 5.10 Å². The quantitative estimate of drug-likeness (QED) is 0.411. The van der Waals surface area contributed by atoms with Crippen LogP contribution in [0.25, 0.3) is 21.5 Å². The molecule has 2 heterocycles. The van der Waals surface area contributed by atoms with E-state index in [1.54, 1.807) is 35.6 Å². The molecule has 2 N–H and O–H groups in total. The van der Waals surface area contributed by atoms with Crippen LogP contribution in [0.4, 0.5) is 0 Å². The number of sulfonamides is 1. The van der Waals surface area contributed by atoms with Gasteiger partial charge in [-0.1, -0.05) is 23.5 Å². The predicted molar refractivity (Wildman–Crippen MR) is 109 cm³/mol. The summed E-state index contributed by atoms with van der Waals surface area (Å²) < 4.78 is 31.5. The van der Waals surface area contributed by atoms with Gasteiger partial charge in [0.15, 0.2) is 0 Å². The van der Waals surface area contributed by atoms with Crippen LogP contribution in [0, 0.1) is 0 Å². The Morgan fingerprint density at radius 3 is 2.54 bits per heavy atom. The Morgan fingerprint density at radius 2 is 1.82 bits per heavy atom. The van der Waals surface area contributed by atoms with E-state index in [4.69, 9.17) is 9.56 Å². The van der Waals surface area contributed by atoms with Crippen LogP contribution in [0.1, 0.15) is 5.76 Å². The molecule has 142 valence electrons. The van der Waals surface area contributed by atoms with E-state index in [1.807, 2.05) is 35.9 Å². The standard InChI is InChI=1S/C19H16N4O3S2/c1-23-16-4-2-3-5-18(16)27-19(23)22-21-12-14-8-11-17(26-14)13-6-9-15(10-7-13)28(20,24)25/h2-12H,1H3,(H2,20,24,25)/b21-12-,22-19+. The highest BCUT2D eigenvalue weighted by atomic mass is 32.2. The molecule has 0 bridgehead atoms. The predicted octanol–water partition coefficient (Wildman–Crippen LogP) is 3.08. The molecule has 0 aliphatic heterocycles. The lowest BCUT2D eigenvalue weighted by atomic mass is 10.2. The minimum absolute atomic E-state index is 0.0552. The molecular weight excluding hydrogens is 396 g/mol. The molecule has 0 fully saturated rings. The van der Waals surface area contributed by atoms with Crippen LogP contribution in [-0.2, 0) is 17.1 Å². The van der Waals surface area contributed by atoms with Crippen LogP contribution in [0.5, 0.6) is 0 Å². The van der Waals surface area contributed by atoms with Gasteiger partial charge in [0.1, 0.15) is 11.5 Å². The van der Waals surface area contributed by atoms with Gasteiger partial charge in [-0.05, 0) is 48.5 Å². The Morgan fingerprint density at radius 1 is 1.07 bits per heavy atom. The summed E-state index contributed by atoms with van der Waals surface area (Å²) in [5.41, 5.74) is 1.84. The summed E-state index contributed by atoms with van der Waals surface area (Å²) in [4.78, 5) is 0.836. The summed E-state index contributed by atoms with van der Waals surface area (Å²) in [6, 6.07) is 17.8. The Hall–Kier alpha value is -3.01. The largest absolute Gasteiger partial charge is 0.455 e. The third kappa shape index (κ3) is 3.68. The van der Waals surface area contributed by atoms with E-state index in [2.05, 4.69) is 10.2 Å². The van der Waals surface area contributed by atoms with Crippen LogP contribution in [0.15, 0.2) is 80.2 Å². The van der Waals surface area contributed by atoms with Crippen LogP contribution in [0.3, 0.4) is 0 Å². The molecule has 28 heavy (non-hydrogen) atoms. The zero-order valence-corrected chi connectivity index (χ0v) is 16.4. The summed E-state index contributed by atoms with van der Waals surface area (Å²) in [6.45, 7) is 0. The summed E-state index contributed by atoms with van der Waals surface area (Å²) in [6.07, 6.45) is 1.53. The van der Waals surface area contributed by atoms with Gasteiger partial charge in [-0.25, -0.2) is 13.6 Å². The van der Waals surface area contributed by atoms with Crippen LogP contribution >= 0.6 is 11.3 Å². The van der Waals surface area contributed by atoms with Crippen LogP contribution in [0.2, 0.25) is 0 Å². The van der Waals surface area contributed by atoms with Crippen molar-refractivity contribution in [2.75, 3.05) is 0 Å². The zero-order chi connectivity index (χ0) is 19.7. The number of primary sulfonamides is 1. The van der Waals surface area contributed by atoms with Crippen molar-refractivity contribution in [1.82, 2.24) is 4.57 Å². The lowest BCUT2D eigenvalue weighted by Crippen LogP contribution is -2.11. The van der Waals surface area contributed by atoms with Crippen molar-refractivity contribution in [2.45, 2.75) is 4.90 Å². The summed E-state index contributed by atoms with van der Waals surface area (Å²) in [5, 5.41) is 13.5. The summed E-state index contributed by atoms with van der Waals surface area (Å²) >= 11 is 1.56. The van der Waals surface area contributed by atoms with Crippen molar-refractivity contribution < 1.29 is 12.8 Å². The monoisotopic (exact) mass is 412 g/mol. The van der Waals surface area contributed by atoms with Gasteiger partial charge in [-0.2, -0.15) is 5.10 Å². The van der Waals surface area contributed by atoms with Crippen molar-refractivity contribution in [1.29, 1.82) is 0 Å². The van der Waals surface area contributed by atoms with Crippen LogP contribution in [-0.4, -0.2) is 19.2 Å². The maximum Gasteiger partial charge on any atom is 0.238 e. The molecule has 9 heteroatoms. The second kappa shape index (κ2) is 7.19. The fraction of sp³-hybridized carbons (Fsp3) is 0.0526. The topological polar surface area (TPSA) is 103 Å². The van der Waals surface area contributed by atoms with Crippen molar-refractivity contribution in [3.8, 4) is 11.3 Å². The number of nitrogens with zero attached hydrogens (tertiary/aromatic N) is 3. The minimum atomic E-state index is -3.71. The molecule has 0 amide bonds. The first-order valence-electron chi connectivity index (χ1n) is 8.26. The van der Waals surface area contributed by atoms with E-state index in [1.165, 1.54) is 18.3 Å². The highest BCUT2D eigenvalue weighted by Gasteiger charge is 2.09. The highest BCUT2D eigenvalue weighted by Crippen LogP contribution is 2.23. The fourth-order valence-electron chi connectivity index (χ4n) is 2.70. The Kier molecular flexibility index (Phi) is 4.71. The van der Waals surface area contributed by atoms with Gasteiger partial charge in [0, 0.05) is 12.6 Å². The maximum atomic E-state index is 11.3. The van der Waals surface area contributed by atoms with Gasteiger partial charge in [0.25, 0.3) is 0 Å². The molecule has 4 aromatic rings. The normalized spacial score (nSPS) is 13.0. The van der Waals surface area contributed by atoms with Gasteiger partial charge < -0.3 is 8.98 Å².